The number of nitrogens with one attached hydrogen (secondary N) is 1. The zero-order chi connectivity index (χ0) is 19.6. The van der Waals surface area contributed by atoms with E-state index in [-0.39, 0.29) is 23.8 Å². The van der Waals surface area contributed by atoms with Crippen LogP contribution in [0.2, 0.25) is 0 Å². The highest BCUT2D eigenvalue weighted by molar-refractivity contribution is 5.92. The van der Waals surface area contributed by atoms with E-state index in [1.165, 1.54) is 12.1 Å². The Morgan fingerprint density at radius 2 is 2.07 bits per heavy atom. The van der Waals surface area contributed by atoms with Gasteiger partial charge in [0.05, 0.1) is 16.2 Å². The van der Waals surface area contributed by atoms with E-state index in [9.17, 15) is 19.3 Å². The topological polar surface area (TPSA) is 75.5 Å². The summed E-state index contributed by atoms with van der Waals surface area (Å²) >= 11 is 0. The standard InChI is InChI=1S/C20H22FN3O3/c1-13-8-9-16(21)15-5-4-11-23(20(13)15)12-10-19(25)22-17-6-3-7-18(14(17)2)24(26)27/h3,6-9H,4-5,10-12H2,1-2H3,(H,22,25). The van der Waals surface area contributed by atoms with Crippen LogP contribution in [-0.4, -0.2) is 23.9 Å². The molecule has 0 saturated carbocycles. The predicted octanol–water partition coefficient (Wildman–Crippen LogP) is 4.13. The molecule has 3 rings (SSSR count). The van der Waals surface area contributed by atoms with E-state index < -0.39 is 4.92 Å². The van der Waals surface area contributed by atoms with Crippen molar-refractivity contribution in [3.63, 3.8) is 0 Å². The molecule has 0 spiro atoms. The average Bonchev–Trinajstić information content (AvgIpc) is 2.64. The van der Waals surface area contributed by atoms with Crippen LogP contribution in [0.25, 0.3) is 0 Å². The normalized spacial score (nSPS) is 13.2. The molecule has 1 heterocycles. The number of amides is 1. The minimum absolute atomic E-state index is 0.0242. The summed E-state index contributed by atoms with van der Waals surface area (Å²) in [5.41, 5.74) is 3.45. The average molecular weight is 371 g/mol. The third kappa shape index (κ3) is 3.92. The molecule has 0 aromatic heterocycles. The first-order valence-corrected chi connectivity index (χ1v) is 8.95. The summed E-state index contributed by atoms with van der Waals surface area (Å²) < 4.78 is 14.1. The van der Waals surface area contributed by atoms with E-state index in [1.807, 2.05) is 6.92 Å². The van der Waals surface area contributed by atoms with Crippen LogP contribution in [0.5, 0.6) is 0 Å². The number of nitrogens with zero attached hydrogens (tertiary/aromatic N) is 2. The Balaban J connectivity index is 1.69. The molecule has 1 aliphatic heterocycles. The number of hydrogen-bond donors (Lipinski definition) is 1. The lowest BCUT2D eigenvalue weighted by atomic mass is 9.97. The number of hydrogen-bond acceptors (Lipinski definition) is 4. The third-order valence-corrected chi connectivity index (χ3v) is 4.98. The summed E-state index contributed by atoms with van der Waals surface area (Å²) in [5.74, 6) is -0.420. The van der Waals surface area contributed by atoms with Crippen molar-refractivity contribution in [1.29, 1.82) is 0 Å². The van der Waals surface area contributed by atoms with E-state index in [0.29, 0.717) is 24.2 Å². The molecule has 0 unspecified atom stereocenters. The van der Waals surface area contributed by atoms with E-state index in [1.54, 1.807) is 25.1 Å². The van der Waals surface area contributed by atoms with Crippen LogP contribution < -0.4 is 10.2 Å². The number of nitro groups is 1. The second-order valence-corrected chi connectivity index (χ2v) is 6.79. The van der Waals surface area contributed by atoms with Gasteiger partial charge in [-0.25, -0.2) is 4.39 Å². The van der Waals surface area contributed by atoms with Gasteiger partial charge in [-0.2, -0.15) is 0 Å². The molecule has 6 nitrogen and oxygen atoms in total. The quantitative estimate of drug-likeness (QED) is 0.633. The summed E-state index contributed by atoms with van der Waals surface area (Å²) in [6.07, 6.45) is 1.77. The molecule has 0 bridgehead atoms. The SMILES string of the molecule is Cc1ccc(F)c2c1N(CCC(=O)Nc1cccc([N+](=O)[O-])c1C)CCC2. The van der Waals surface area contributed by atoms with Crippen molar-refractivity contribution < 1.29 is 14.1 Å². The van der Waals surface area contributed by atoms with Crippen molar-refractivity contribution in [1.82, 2.24) is 0 Å². The molecule has 0 radical (unpaired) electrons. The van der Waals surface area contributed by atoms with Crippen LogP contribution in [0.4, 0.5) is 21.5 Å². The number of carbonyl (C=O) groups excluding carboxylic acids is 1. The Morgan fingerprint density at radius 3 is 2.81 bits per heavy atom. The second kappa shape index (κ2) is 7.73. The van der Waals surface area contributed by atoms with Crippen LogP contribution in [0.15, 0.2) is 30.3 Å². The Hall–Kier alpha value is -2.96. The zero-order valence-corrected chi connectivity index (χ0v) is 15.4. The van der Waals surface area contributed by atoms with Crippen LogP contribution in [0, 0.1) is 29.8 Å². The van der Waals surface area contributed by atoms with Gasteiger partial charge in [0.1, 0.15) is 5.82 Å². The minimum atomic E-state index is -0.465. The summed E-state index contributed by atoms with van der Waals surface area (Å²) in [4.78, 5) is 25.0. The van der Waals surface area contributed by atoms with Gasteiger partial charge in [-0.3, -0.25) is 14.9 Å². The largest absolute Gasteiger partial charge is 0.370 e. The van der Waals surface area contributed by atoms with E-state index >= 15 is 0 Å². The van der Waals surface area contributed by atoms with E-state index in [2.05, 4.69) is 10.2 Å². The number of benzene rings is 2. The fraction of sp³-hybridized carbons (Fsp3) is 0.350. The van der Waals surface area contributed by atoms with Gasteiger partial charge < -0.3 is 10.2 Å². The van der Waals surface area contributed by atoms with Gasteiger partial charge in [0.15, 0.2) is 0 Å². The Bertz CT molecular complexity index is 898. The highest BCUT2D eigenvalue weighted by Crippen LogP contribution is 2.32. The Labute approximate surface area is 157 Å². The van der Waals surface area contributed by atoms with Crippen molar-refractivity contribution in [2.45, 2.75) is 33.1 Å². The number of aryl methyl sites for hydroxylation is 1. The van der Waals surface area contributed by atoms with Gasteiger partial charge in [0.2, 0.25) is 5.91 Å². The van der Waals surface area contributed by atoms with Gasteiger partial charge in [0.25, 0.3) is 5.69 Å². The molecule has 2 aromatic carbocycles. The lowest BCUT2D eigenvalue weighted by Gasteiger charge is -2.33. The summed E-state index contributed by atoms with van der Waals surface area (Å²) in [6, 6.07) is 7.87. The van der Waals surface area contributed by atoms with Crippen molar-refractivity contribution in [3.05, 3.63) is 63.0 Å². The second-order valence-electron chi connectivity index (χ2n) is 6.79. The van der Waals surface area contributed by atoms with Crippen LogP contribution >= 0.6 is 0 Å². The number of rotatable bonds is 5. The lowest BCUT2D eigenvalue weighted by Crippen LogP contribution is -2.33. The minimum Gasteiger partial charge on any atom is -0.370 e. The highest BCUT2D eigenvalue weighted by Gasteiger charge is 2.22. The number of anilines is 2. The van der Waals surface area contributed by atoms with Crippen LogP contribution in [0.1, 0.15) is 29.5 Å². The third-order valence-electron chi connectivity index (χ3n) is 4.98. The first-order valence-electron chi connectivity index (χ1n) is 8.95. The van der Waals surface area contributed by atoms with Crippen molar-refractivity contribution >= 4 is 23.0 Å². The molecule has 0 aliphatic carbocycles. The molecule has 0 fully saturated rings. The first kappa shape index (κ1) is 18.8. The van der Waals surface area contributed by atoms with E-state index in [0.717, 1.165) is 29.8 Å². The van der Waals surface area contributed by atoms with Gasteiger partial charge in [-0.15, -0.1) is 0 Å². The number of nitro benzene ring substituents is 1. The molecular formula is C20H22FN3O3. The number of carbonyl (C=O) groups is 1. The molecule has 1 aliphatic rings. The van der Waals surface area contributed by atoms with Crippen LogP contribution in [-0.2, 0) is 11.2 Å². The summed E-state index contributed by atoms with van der Waals surface area (Å²) in [7, 11) is 0. The molecule has 1 amide bonds. The van der Waals surface area contributed by atoms with Gasteiger partial charge in [-0.1, -0.05) is 12.1 Å². The molecular weight excluding hydrogens is 349 g/mol. The molecule has 7 heteroatoms. The molecule has 0 atom stereocenters. The van der Waals surface area contributed by atoms with E-state index in [4.69, 9.17) is 0 Å². The van der Waals surface area contributed by atoms with Gasteiger partial charge in [-0.05, 0) is 44.4 Å². The molecule has 142 valence electrons. The lowest BCUT2D eigenvalue weighted by molar-refractivity contribution is -0.385. The Kier molecular flexibility index (Phi) is 5.39. The molecule has 2 aromatic rings. The van der Waals surface area contributed by atoms with Crippen molar-refractivity contribution in [3.8, 4) is 0 Å². The maximum Gasteiger partial charge on any atom is 0.274 e. The Morgan fingerprint density at radius 1 is 1.30 bits per heavy atom. The molecule has 27 heavy (non-hydrogen) atoms. The maximum atomic E-state index is 14.1. The van der Waals surface area contributed by atoms with Crippen molar-refractivity contribution in [2.75, 3.05) is 23.3 Å². The number of halogens is 1. The monoisotopic (exact) mass is 371 g/mol. The first-order chi connectivity index (χ1) is 12.9. The smallest absolute Gasteiger partial charge is 0.274 e. The fourth-order valence-corrected chi connectivity index (χ4v) is 3.59. The summed E-state index contributed by atoms with van der Waals surface area (Å²) in [5, 5.41) is 13.8. The van der Waals surface area contributed by atoms with Gasteiger partial charge >= 0.3 is 0 Å². The van der Waals surface area contributed by atoms with Crippen LogP contribution in [0.3, 0.4) is 0 Å². The molecule has 0 saturated heterocycles. The van der Waals surface area contributed by atoms with Gasteiger partial charge in [0, 0.05) is 36.8 Å². The fourth-order valence-electron chi connectivity index (χ4n) is 3.59. The predicted molar refractivity (Wildman–Crippen MR) is 103 cm³/mol. The maximum absolute atomic E-state index is 14.1. The molecule has 1 N–H and O–H groups in total. The van der Waals surface area contributed by atoms with Crippen molar-refractivity contribution in [2.24, 2.45) is 0 Å². The zero-order valence-electron chi connectivity index (χ0n) is 15.4. The highest BCUT2D eigenvalue weighted by atomic mass is 19.1. The number of fused-ring (bicyclic) bond motifs is 1. The summed E-state index contributed by atoms with van der Waals surface area (Å²) in [6.45, 7) is 4.81.